The van der Waals surface area contributed by atoms with Crippen LogP contribution in [0, 0.1) is 0 Å². The monoisotopic (exact) mass is 214 g/mol. The smallest absolute Gasteiger partial charge is 0.0870 e. The number of benzene rings is 1. The van der Waals surface area contributed by atoms with E-state index in [1.54, 1.807) is 0 Å². The molecule has 0 bridgehead atoms. The van der Waals surface area contributed by atoms with Gasteiger partial charge in [-0.2, -0.15) is 0 Å². The zero-order valence-corrected chi connectivity index (χ0v) is 9.73. The van der Waals surface area contributed by atoms with Gasteiger partial charge in [-0.3, -0.25) is 0 Å². The van der Waals surface area contributed by atoms with Crippen LogP contribution in [0.4, 0.5) is 0 Å². The fourth-order valence-electron chi connectivity index (χ4n) is 2.19. The Bertz CT molecular complexity index is 378. The van der Waals surface area contributed by atoms with E-state index in [0.29, 0.717) is 0 Å². The molecule has 1 nitrogen and oxygen atoms in total. The molecule has 0 aromatic heterocycles. The summed E-state index contributed by atoms with van der Waals surface area (Å²) >= 11 is 0. The van der Waals surface area contributed by atoms with Crippen LogP contribution in [0.5, 0.6) is 0 Å². The van der Waals surface area contributed by atoms with Gasteiger partial charge in [0.1, 0.15) is 0 Å². The minimum Gasteiger partial charge on any atom is -0.366 e. The minimum atomic E-state index is 0.203. The van der Waals surface area contributed by atoms with Gasteiger partial charge in [0, 0.05) is 0 Å². The van der Waals surface area contributed by atoms with Crippen molar-refractivity contribution in [1.82, 2.24) is 0 Å². The maximum absolute atomic E-state index is 5.94. The Morgan fingerprint density at radius 1 is 1.38 bits per heavy atom. The minimum absolute atomic E-state index is 0.203. The summed E-state index contributed by atoms with van der Waals surface area (Å²) in [7, 11) is 0. The molecule has 16 heavy (non-hydrogen) atoms. The van der Waals surface area contributed by atoms with E-state index in [-0.39, 0.29) is 12.2 Å². The van der Waals surface area contributed by atoms with Crippen molar-refractivity contribution in [1.29, 1.82) is 0 Å². The maximum Gasteiger partial charge on any atom is 0.0870 e. The summed E-state index contributed by atoms with van der Waals surface area (Å²) in [4.78, 5) is 0. The van der Waals surface area contributed by atoms with E-state index >= 15 is 0 Å². The quantitative estimate of drug-likeness (QED) is 0.690. The van der Waals surface area contributed by atoms with E-state index < -0.39 is 0 Å². The first-order valence-electron chi connectivity index (χ1n) is 5.80. The summed E-state index contributed by atoms with van der Waals surface area (Å²) in [6.07, 6.45) is 6.54. The molecule has 1 heterocycles. The third kappa shape index (κ3) is 2.61. The van der Waals surface area contributed by atoms with Crippen LogP contribution >= 0.6 is 0 Å². The fourth-order valence-corrected chi connectivity index (χ4v) is 2.19. The fraction of sp³-hybridized carbons (Fsp3) is 0.333. The highest BCUT2D eigenvalue weighted by molar-refractivity contribution is 5.23. The predicted octanol–water partition coefficient (Wildman–Crippen LogP) is 4.04. The molecule has 2 rings (SSSR count). The van der Waals surface area contributed by atoms with Crippen molar-refractivity contribution in [2.75, 3.05) is 0 Å². The summed E-state index contributed by atoms with van der Waals surface area (Å²) in [5.74, 6) is 0. The molecular formula is C15H18O. The molecule has 0 fully saturated rings. The number of rotatable bonds is 3. The van der Waals surface area contributed by atoms with E-state index in [4.69, 9.17) is 4.74 Å². The molecular weight excluding hydrogens is 196 g/mol. The molecule has 1 heteroatoms. The summed E-state index contributed by atoms with van der Waals surface area (Å²) in [5, 5.41) is 0. The van der Waals surface area contributed by atoms with Crippen molar-refractivity contribution < 1.29 is 4.74 Å². The first kappa shape index (κ1) is 11.2. The Hall–Kier alpha value is -1.34. The first-order valence-corrected chi connectivity index (χ1v) is 5.80. The zero-order chi connectivity index (χ0) is 11.4. The van der Waals surface area contributed by atoms with Crippen LogP contribution in [0.3, 0.4) is 0 Å². The molecule has 0 radical (unpaired) electrons. The molecule has 0 aliphatic carbocycles. The highest BCUT2D eigenvalue weighted by atomic mass is 16.5. The predicted molar refractivity (Wildman–Crippen MR) is 67.2 cm³/mol. The lowest BCUT2D eigenvalue weighted by molar-refractivity contribution is 0.0108. The molecule has 0 spiro atoms. The molecule has 0 amide bonds. The van der Waals surface area contributed by atoms with Gasteiger partial charge in [-0.1, -0.05) is 48.1 Å². The van der Waals surface area contributed by atoms with Crippen LogP contribution < -0.4 is 0 Å². The summed E-state index contributed by atoms with van der Waals surface area (Å²) in [6.45, 7) is 5.89. The number of hydrogen-bond acceptors (Lipinski definition) is 1. The standard InChI is InChI=1S/C15H18O/c1-3-7-13-10-12(2)16-15(11-13)14-8-5-4-6-9-14/h3-6,8-10,12,15H,1,7,11H2,2H3/t12-,15+/m1/s1. The van der Waals surface area contributed by atoms with Crippen molar-refractivity contribution in [3.63, 3.8) is 0 Å². The van der Waals surface area contributed by atoms with Crippen LogP contribution in [0.25, 0.3) is 0 Å². The van der Waals surface area contributed by atoms with Crippen molar-refractivity contribution in [3.8, 4) is 0 Å². The van der Waals surface area contributed by atoms with Gasteiger partial charge in [0.2, 0.25) is 0 Å². The van der Waals surface area contributed by atoms with Crippen LogP contribution in [0.15, 0.2) is 54.6 Å². The van der Waals surface area contributed by atoms with E-state index in [2.05, 4.69) is 43.8 Å². The lowest BCUT2D eigenvalue weighted by Crippen LogP contribution is -2.18. The number of ether oxygens (including phenoxy) is 1. The van der Waals surface area contributed by atoms with Gasteiger partial charge >= 0.3 is 0 Å². The molecule has 1 aromatic carbocycles. The Kier molecular flexibility index (Phi) is 3.58. The van der Waals surface area contributed by atoms with Crippen LogP contribution in [-0.4, -0.2) is 6.10 Å². The molecule has 0 saturated carbocycles. The van der Waals surface area contributed by atoms with Gasteiger partial charge < -0.3 is 4.74 Å². The van der Waals surface area contributed by atoms with Crippen molar-refractivity contribution in [3.05, 3.63) is 60.2 Å². The van der Waals surface area contributed by atoms with Crippen LogP contribution in [-0.2, 0) is 4.74 Å². The van der Waals surface area contributed by atoms with E-state index in [0.717, 1.165) is 12.8 Å². The van der Waals surface area contributed by atoms with E-state index in [1.165, 1.54) is 11.1 Å². The Morgan fingerprint density at radius 3 is 2.81 bits per heavy atom. The summed E-state index contributed by atoms with van der Waals surface area (Å²) in [5.41, 5.74) is 2.70. The molecule has 1 aromatic rings. The first-order chi connectivity index (χ1) is 7.79. The van der Waals surface area contributed by atoms with Crippen molar-refractivity contribution >= 4 is 0 Å². The summed E-state index contributed by atoms with van der Waals surface area (Å²) < 4.78 is 5.94. The Labute approximate surface area is 97.4 Å². The van der Waals surface area contributed by atoms with Crippen LogP contribution in [0.2, 0.25) is 0 Å². The second kappa shape index (κ2) is 5.13. The number of allylic oxidation sites excluding steroid dienone is 1. The second-order valence-electron chi connectivity index (χ2n) is 4.26. The Balaban J connectivity index is 2.14. The third-order valence-corrected chi connectivity index (χ3v) is 2.87. The van der Waals surface area contributed by atoms with Crippen LogP contribution in [0.1, 0.15) is 31.4 Å². The lowest BCUT2D eigenvalue weighted by Gasteiger charge is -2.27. The number of hydrogen-bond donors (Lipinski definition) is 0. The van der Waals surface area contributed by atoms with Gasteiger partial charge in [0.25, 0.3) is 0 Å². The highest BCUT2D eigenvalue weighted by Crippen LogP contribution is 2.32. The van der Waals surface area contributed by atoms with Crippen molar-refractivity contribution in [2.45, 2.75) is 32.0 Å². The van der Waals surface area contributed by atoms with Gasteiger partial charge in [-0.25, -0.2) is 0 Å². The molecule has 2 atom stereocenters. The molecule has 1 aliphatic heterocycles. The second-order valence-corrected chi connectivity index (χ2v) is 4.26. The average molecular weight is 214 g/mol. The zero-order valence-electron chi connectivity index (χ0n) is 9.73. The Morgan fingerprint density at radius 2 is 2.12 bits per heavy atom. The third-order valence-electron chi connectivity index (χ3n) is 2.87. The molecule has 0 saturated heterocycles. The van der Waals surface area contributed by atoms with Crippen molar-refractivity contribution in [2.24, 2.45) is 0 Å². The van der Waals surface area contributed by atoms with Gasteiger partial charge in [-0.05, 0) is 25.3 Å². The normalized spacial score (nSPS) is 24.9. The average Bonchev–Trinajstić information content (AvgIpc) is 2.30. The molecule has 1 aliphatic rings. The van der Waals surface area contributed by atoms with Gasteiger partial charge in [0.05, 0.1) is 12.2 Å². The van der Waals surface area contributed by atoms with E-state index in [1.807, 2.05) is 12.1 Å². The molecule has 0 N–H and O–H groups in total. The molecule has 84 valence electrons. The highest BCUT2D eigenvalue weighted by Gasteiger charge is 2.20. The van der Waals surface area contributed by atoms with Gasteiger partial charge in [0.15, 0.2) is 0 Å². The largest absolute Gasteiger partial charge is 0.366 e. The van der Waals surface area contributed by atoms with Gasteiger partial charge in [-0.15, -0.1) is 6.58 Å². The van der Waals surface area contributed by atoms with E-state index in [9.17, 15) is 0 Å². The lowest BCUT2D eigenvalue weighted by atomic mass is 9.95. The SMILES string of the molecule is C=CCC1=C[C@@H](C)O[C@H](c2ccccc2)C1. The molecule has 0 unspecified atom stereocenters. The topological polar surface area (TPSA) is 9.23 Å². The maximum atomic E-state index is 5.94. The summed E-state index contributed by atoms with van der Waals surface area (Å²) in [6, 6.07) is 10.4.